The van der Waals surface area contributed by atoms with Crippen LogP contribution >= 0.6 is 15.9 Å². The maximum atomic E-state index is 13.0. The Bertz CT molecular complexity index is 978. The lowest BCUT2D eigenvalue weighted by molar-refractivity contribution is -0.140. The van der Waals surface area contributed by atoms with Crippen molar-refractivity contribution < 1.29 is 19.4 Å². The molecule has 2 aromatic rings. The number of amides is 1. The highest BCUT2D eigenvalue weighted by Crippen LogP contribution is 2.39. The summed E-state index contributed by atoms with van der Waals surface area (Å²) in [4.78, 5) is 27.4. The van der Waals surface area contributed by atoms with Crippen molar-refractivity contribution in [1.29, 1.82) is 0 Å². The van der Waals surface area contributed by atoms with Gasteiger partial charge in [-0.1, -0.05) is 66.2 Å². The van der Waals surface area contributed by atoms with Gasteiger partial charge in [0.1, 0.15) is 5.76 Å². The Labute approximate surface area is 191 Å². The molecule has 164 valence electrons. The zero-order chi connectivity index (χ0) is 22.7. The summed E-state index contributed by atoms with van der Waals surface area (Å²) < 4.78 is 6.48. The summed E-state index contributed by atoms with van der Waals surface area (Å²) in [5.41, 5.74) is 2.54. The number of Topliss-reactive ketones (excluding diaryl/α,β-unsaturated/α-hetero) is 1. The largest absolute Gasteiger partial charge is 0.507 e. The van der Waals surface area contributed by atoms with Gasteiger partial charge in [0.2, 0.25) is 0 Å². The predicted molar refractivity (Wildman–Crippen MR) is 125 cm³/mol. The molecule has 2 aromatic carbocycles. The topological polar surface area (TPSA) is 66.8 Å². The molecule has 1 N–H and O–H groups in total. The number of carbonyl (C=O) groups is 2. The Balaban J connectivity index is 2.08. The van der Waals surface area contributed by atoms with Gasteiger partial charge in [0.25, 0.3) is 11.7 Å². The SMILES string of the molecule is CC(C)OCCN1C(=O)C(=O)/C(=C(\O)c2ccc(Br)cc2)C1c1ccc(C(C)C)cc1. The fourth-order valence-electron chi connectivity index (χ4n) is 3.67. The van der Waals surface area contributed by atoms with Gasteiger partial charge in [-0.3, -0.25) is 9.59 Å². The highest BCUT2D eigenvalue weighted by atomic mass is 79.9. The third kappa shape index (κ3) is 5.08. The van der Waals surface area contributed by atoms with E-state index in [4.69, 9.17) is 4.74 Å². The van der Waals surface area contributed by atoms with E-state index in [0.29, 0.717) is 18.1 Å². The van der Waals surface area contributed by atoms with Gasteiger partial charge in [-0.2, -0.15) is 0 Å². The van der Waals surface area contributed by atoms with E-state index in [0.717, 1.165) is 15.6 Å². The third-order valence-electron chi connectivity index (χ3n) is 5.36. The molecule has 1 atom stereocenters. The summed E-state index contributed by atoms with van der Waals surface area (Å²) >= 11 is 3.38. The van der Waals surface area contributed by atoms with Gasteiger partial charge in [0.15, 0.2) is 0 Å². The zero-order valence-electron chi connectivity index (χ0n) is 18.3. The molecule has 0 spiro atoms. The summed E-state index contributed by atoms with van der Waals surface area (Å²) in [5.74, 6) is -1.11. The lowest BCUT2D eigenvalue weighted by Crippen LogP contribution is -2.33. The molecule has 6 heteroatoms. The first-order chi connectivity index (χ1) is 14.7. The van der Waals surface area contributed by atoms with Crippen molar-refractivity contribution in [2.24, 2.45) is 0 Å². The molecule has 0 aliphatic carbocycles. The van der Waals surface area contributed by atoms with Crippen molar-refractivity contribution >= 4 is 33.4 Å². The minimum atomic E-state index is -0.678. The van der Waals surface area contributed by atoms with E-state index in [1.165, 1.54) is 4.90 Å². The van der Waals surface area contributed by atoms with Crippen LogP contribution in [0.25, 0.3) is 5.76 Å². The lowest BCUT2D eigenvalue weighted by Gasteiger charge is -2.26. The summed E-state index contributed by atoms with van der Waals surface area (Å²) in [6, 6.07) is 14.2. The predicted octanol–water partition coefficient (Wildman–Crippen LogP) is 5.42. The molecule has 1 amide bonds. The normalized spacial score (nSPS) is 18.4. The number of ether oxygens (including phenoxy) is 1. The molecule has 1 fully saturated rings. The first-order valence-electron chi connectivity index (χ1n) is 10.5. The second-order valence-electron chi connectivity index (χ2n) is 8.24. The van der Waals surface area contributed by atoms with Crippen LogP contribution in [0.2, 0.25) is 0 Å². The van der Waals surface area contributed by atoms with Crippen LogP contribution in [0.5, 0.6) is 0 Å². The maximum absolute atomic E-state index is 13.0. The lowest BCUT2D eigenvalue weighted by atomic mass is 9.93. The molecule has 3 rings (SSSR count). The fourth-order valence-corrected chi connectivity index (χ4v) is 3.93. The number of likely N-dealkylation sites (tertiary alicyclic amines) is 1. The van der Waals surface area contributed by atoms with Crippen LogP contribution in [-0.4, -0.2) is 41.0 Å². The number of ketones is 1. The number of benzene rings is 2. The van der Waals surface area contributed by atoms with Gasteiger partial charge in [0, 0.05) is 16.6 Å². The summed E-state index contributed by atoms with van der Waals surface area (Å²) in [7, 11) is 0. The van der Waals surface area contributed by atoms with E-state index >= 15 is 0 Å². The van der Waals surface area contributed by atoms with E-state index in [1.54, 1.807) is 24.3 Å². The van der Waals surface area contributed by atoms with Gasteiger partial charge in [-0.05, 0) is 43.0 Å². The zero-order valence-corrected chi connectivity index (χ0v) is 19.8. The van der Waals surface area contributed by atoms with Crippen molar-refractivity contribution in [3.63, 3.8) is 0 Å². The van der Waals surface area contributed by atoms with Gasteiger partial charge in [-0.25, -0.2) is 0 Å². The number of carbonyl (C=O) groups excluding carboxylic acids is 2. The molecule has 0 saturated carbocycles. The Hall–Kier alpha value is -2.44. The van der Waals surface area contributed by atoms with Gasteiger partial charge in [-0.15, -0.1) is 0 Å². The Kier molecular flexibility index (Phi) is 7.34. The van der Waals surface area contributed by atoms with Crippen LogP contribution in [0.3, 0.4) is 0 Å². The molecule has 1 heterocycles. The van der Waals surface area contributed by atoms with E-state index in [1.807, 2.05) is 38.1 Å². The van der Waals surface area contributed by atoms with Crippen molar-refractivity contribution in [3.8, 4) is 0 Å². The van der Waals surface area contributed by atoms with Crippen molar-refractivity contribution in [2.75, 3.05) is 13.2 Å². The van der Waals surface area contributed by atoms with E-state index in [2.05, 4.69) is 29.8 Å². The fraction of sp³-hybridized carbons (Fsp3) is 0.360. The summed E-state index contributed by atoms with van der Waals surface area (Å²) in [5, 5.41) is 11.0. The maximum Gasteiger partial charge on any atom is 0.295 e. The summed E-state index contributed by atoms with van der Waals surface area (Å²) in [6.45, 7) is 8.63. The van der Waals surface area contributed by atoms with Gasteiger partial charge >= 0.3 is 0 Å². The monoisotopic (exact) mass is 485 g/mol. The standard InChI is InChI=1S/C25H28BrNO4/c1-15(2)17-5-7-18(8-6-17)22-21(23(28)19-9-11-20(26)12-10-19)24(29)25(30)27(22)13-14-31-16(3)4/h5-12,15-16,22,28H,13-14H2,1-4H3/b23-21-. The number of hydrogen-bond donors (Lipinski definition) is 1. The van der Waals surface area contributed by atoms with Gasteiger partial charge < -0.3 is 14.7 Å². The molecule has 1 aliphatic heterocycles. The molecule has 1 unspecified atom stereocenters. The molecule has 5 nitrogen and oxygen atoms in total. The van der Waals surface area contributed by atoms with Crippen LogP contribution in [0.4, 0.5) is 0 Å². The van der Waals surface area contributed by atoms with E-state index in [9.17, 15) is 14.7 Å². The number of halogens is 1. The molecule has 0 radical (unpaired) electrons. The minimum Gasteiger partial charge on any atom is -0.507 e. The van der Waals surface area contributed by atoms with Crippen molar-refractivity contribution in [2.45, 2.75) is 45.8 Å². The quantitative estimate of drug-likeness (QED) is 0.323. The smallest absolute Gasteiger partial charge is 0.295 e. The minimum absolute atomic E-state index is 0.0170. The highest BCUT2D eigenvalue weighted by molar-refractivity contribution is 9.10. The number of rotatable bonds is 7. The van der Waals surface area contributed by atoms with Crippen LogP contribution in [0.1, 0.15) is 56.3 Å². The molecular weight excluding hydrogens is 458 g/mol. The number of aliphatic hydroxyl groups is 1. The molecule has 0 aromatic heterocycles. The number of nitrogens with zero attached hydrogens (tertiary/aromatic N) is 1. The summed E-state index contributed by atoms with van der Waals surface area (Å²) in [6.07, 6.45) is 0.0170. The molecule has 1 saturated heterocycles. The first kappa shape index (κ1) is 23.2. The second kappa shape index (κ2) is 9.79. The third-order valence-corrected chi connectivity index (χ3v) is 5.89. The van der Waals surface area contributed by atoms with Crippen LogP contribution in [0, 0.1) is 0 Å². The average molecular weight is 486 g/mol. The molecular formula is C25H28BrNO4. The highest BCUT2D eigenvalue weighted by Gasteiger charge is 2.45. The van der Waals surface area contributed by atoms with E-state index < -0.39 is 17.7 Å². The number of hydrogen-bond acceptors (Lipinski definition) is 4. The first-order valence-corrected chi connectivity index (χ1v) is 11.3. The molecule has 0 bridgehead atoms. The molecule has 1 aliphatic rings. The van der Waals surface area contributed by atoms with Crippen LogP contribution < -0.4 is 0 Å². The van der Waals surface area contributed by atoms with Crippen molar-refractivity contribution in [3.05, 3.63) is 75.3 Å². The van der Waals surface area contributed by atoms with Gasteiger partial charge in [0.05, 0.1) is 24.3 Å². The van der Waals surface area contributed by atoms with Crippen LogP contribution in [0.15, 0.2) is 58.6 Å². The Morgan fingerprint density at radius 1 is 1.03 bits per heavy atom. The average Bonchev–Trinajstić information content (AvgIpc) is 2.98. The molecule has 31 heavy (non-hydrogen) atoms. The number of aliphatic hydroxyl groups excluding tert-OH is 1. The Morgan fingerprint density at radius 3 is 2.19 bits per heavy atom. The second-order valence-corrected chi connectivity index (χ2v) is 9.16. The van der Waals surface area contributed by atoms with E-state index in [-0.39, 0.29) is 24.0 Å². The Morgan fingerprint density at radius 2 is 1.65 bits per heavy atom. The van der Waals surface area contributed by atoms with Crippen molar-refractivity contribution in [1.82, 2.24) is 4.90 Å². The van der Waals surface area contributed by atoms with Crippen LogP contribution in [-0.2, 0) is 14.3 Å².